The molecule has 0 heterocycles. The number of nitrogens with one attached hydrogen (secondary N) is 2. The van der Waals surface area contributed by atoms with Gasteiger partial charge in [0.05, 0.1) is 5.69 Å². The lowest BCUT2D eigenvalue weighted by molar-refractivity contribution is -0.119. The van der Waals surface area contributed by atoms with E-state index in [1.807, 2.05) is 13.8 Å². The van der Waals surface area contributed by atoms with Crippen molar-refractivity contribution in [2.45, 2.75) is 13.8 Å². The van der Waals surface area contributed by atoms with Crippen molar-refractivity contribution in [2.75, 3.05) is 18.4 Å². The Labute approximate surface area is 95.7 Å². The summed E-state index contributed by atoms with van der Waals surface area (Å²) >= 11 is 0. The van der Waals surface area contributed by atoms with Gasteiger partial charge < -0.3 is 15.7 Å². The van der Waals surface area contributed by atoms with Crippen LogP contribution >= 0.6 is 0 Å². The summed E-state index contributed by atoms with van der Waals surface area (Å²) in [4.78, 5) is 11.7. The molecule has 88 valence electrons. The van der Waals surface area contributed by atoms with Gasteiger partial charge in [-0.15, -0.1) is 0 Å². The van der Waals surface area contributed by atoms with Gasteiger partial charge in [-0.3, -0.25) is 4.79 Å². The minimum Gasteiger partial charge on any atom is -0.506 e. The number of benzene rings is 1. The van der Waals surface area contributed by atoms with Gasteiger partial charge in [-0.2, -0.15) is 0 Å². The molecule has 16 heavy (non-hydrogen) atoms. The molecule has 4 heteroatoms. The number of rotatable bonds is 5. The van der Waals surface area contributed by atoms with E-state index in [1.165, 1.54) is 0 Å². The third kappa shape index (κ3) is 3.55. The highest BCUT2D eigenvalue weighted by atomic mass is 16.3. The molecule has 1 rings (SSSR count). The van der Waals surface area contributed by atoms with Crippen molar-refractivity contribution in [1.82, 2.24) is 5.32 Å². The lowest BCUT2D eigenvalue weighted by atomic mass is 10.1. The zero-order chi connectivity index (χ0) is 12.0. The standard InChI is InChI=1S/C12H18N2O2/c1-3-13-8-9(2)12(16)14-10-6-4-5-7-11(10)15/h4-7,9,13,15H,3,8H2,1-2H3,(H,14,16). The average Bonchev–Trinajstić information content (AvgIpc) is 2.28. The molecule has 0 fully saturated rings. The summed E-state index contributed by atoms with van der Waals surface area (Å²) in [5.74, 6) is -0.131. The maximum atomic E-state index is 11.7. The van der Waals surface area contributed by atoms with Crippen LogP contribution in [0.5, 0.6) is 5.75 Å². The highest BCUT2D eigenvalue weighted by Gasteiger charge is 2.13. The van der Waals surface area contributed by atoms with Crippen LogP contribution in [0.15, 0.2) is 24.3 Å². The predicted molar refractivity (Wildman–Crippen MR) is 64.4 cm³/mol. The molecule has 0 radical (unpaired) electrons. The Morgan fingerprint density at radius 2 is 2.12 bits per heavy atom. The van der Waals surface area contributed by atoms with E-state index in [2.05, 4.69) is 10.6 Å². The number of carbonyl (C=O) groups excluding carboxylic acids is 1. The predicted octanol–water partition coefficient (Wildman–Crippen LogP) is 1.58. The summed E-state index contributed by atoms with van der Waals surface area (Å²) < 4.78 is 0. The van der Waals surface area contributed by atoms with E-state index in [0.717, 1.165) is 6.54 Å². The van der Waals surface area contributed by atoms with Gasteiger partial charge in [0.2, 0.25) is 5.91 Å². The number of hydrogen-bond acceptors (Lipinski definition) is 3. The fourth-order valence-corrected chi connectivity index (χ4v) is 1.29. The molecule has 4 nitrogen and oxygen atoms in total. The van der Waals surface area contributed by atoms with E-state index in [4.69, 9.17) is 0 Å². The Morgan fingerprint density at radius 3 is 2.75 bits per heavy atom. The quantitative estimate of drug-likeness (QED) is 0.663. The molecular formula is C12H18N2O2. The SMILES string of the molecule is CCNCC(C)C(=O)Nc1ccccc1O. The van der Waals surface area contributed by atoms with Gasteiger partial charge in [-0.05, 0) is 18.7 Å². The first kappa shape index (κ1) is 12.5. The van der Waals surface area contributed by atoms with Crippen LogP contribution in [0.25, 0.3) is 0 Å². The van der Waals surface area contributed by atoms with Crippen molar-refractivity contribution in [1.29, 1.82) is 0 Å². The summed E-state index contributed by atoms with van der Waals surface area (Å²) in [5.41, 5.74) is 0.454. The Kier molecular flexibility index (Phi) is 4.79. The normalized spacial score (nSPS) is 12.1. The molecule has 0 aliphatic carbocycles. The molecule has 1 atom stereocenters. The Morgan fingerprint density at radius 1 is 1.44 bits per heavy atom. The first-order chi connectivity index (χ1) is 7.65. The topological polar surface area (TPSA) is 61.4 Å². The van der Waals surface area contributed by atoms with Crippen LogP contribution < -0.4 is 10.6 Å². The minimum atomic E-state index is -0.125. The molecule has 0 bridgehead atoms. The van der Waals surface area contributed by atoms with Crippen molar-refractivity contribution < 1.29 is 9.90 Å². The number of carbonyl (C=O) groups is 1. The lowest BCUT2D eigenvalue weighted by Crippen LogP contribution is -2.30. The number of hydrogen-bond donors (Lipinski definition) is 3. The molecule has 0 spiro atoms. The van der Waals surface area contributed by atoms with Crippen LogP contribution in [0.2, 0.25) is 0 Å². The van der Waals surface area contributed by atoms with Gasteiger partial charge in [-0.1, -0.05) is 26.0 Å². The van der Waals surface area contributed by atoms with Crippen LogP contribution in [0.1, 0.15) is 13.8 Å². The smallest absolute Gasteiger partial charge is 0.228 e. The van der Waals surface area contributed by atoms with Crippen molar-refractivity contribution in [3.63, 3.8) is 0 Å². The minimum absolute atomic E-state index is 0.0894. The maximum absolute atomic E-state index is 11.7. The molecule has 0 aliphatic rings. The number of para-hydroxylation sites is 2. The van der Waals surface area contributed by atoms with Gasteiger partial charge in [0, 0.05) is 12.5 Å². The number of anilines is 1. The van der Waals surface area contributed by atoms with Crippen LogP contribution in [-0.2, 0) is 4.79 Å². The third-order valence-corrected chi connectivity index (χ3v) is 2.31. The van der Waals surface area contributed by atoms with E-state index in [9.17, 15) is 9.90 Å². The summed E-state index contributed by atoms with van der Waals surface area (Å²) in [5, 5.41) is 15.3. The molecule has 0 aromatic heterocycles. The van der Waals surface area contributed by atoms with Crippen LogP contribution in [0.4, 0.5) is 5.69 Å². The fourth-order valence-electron chi connectivity index (χ4n) is 1.29. The number of amides is 1. The van der Waals surface area contributed by atoms with Crippen molar-refractivity contribution in [2.24, 2.45) is 5.92 Å². The molecule has 0 saturated carbocycles. The summed E-state index contributed by atoms with van der Waals surface area (Å²) in [6.45, 7) is 5.32. The van der Waals surface area contributed by atoms with Gasteiger partial charge in [0.15, 0.2) is 0 Å². The summed E-state index contributed by atoms with van der Waals surface area (Å²) in [6, 6.07) is 6.70. The van der Waals surface area contributed by atoms with E-state index >= 15 is 0 Å². The van der Waals surface area contributed by atoms with Gasteiger partial charge in [0.25, 0.3) is 0 Å². The first-order valence-corrected chi connectivity index (χ1v) is 5.44. The van der Waals surface area contributed by atoms with Crippen LogP contribution in [-0.4, -0.2) is 24.1 Å². The molecule has 3 N–H and O–H groups in total. The average molecular weight is 222 g/mol. The van der Waals surface area contributed by atoms with Gasteiger partial charge in [0.1, 0.15) is 5.75 Å². The molecule has 1 unspecified atom stereocenters. The Bertz CT molecular complexity index is 353. The van der Waals surface area contributed by atoms with E-state index < -0.39 is 0 Å². The Balaban J connectivity index is 2.54. The van der Waals surface area contributed by atoms with E-state index in [0.29, 0.717) is 12.2 Å². The highest BCUT2D eigenvalue weighted by Crippen LogP contribution is 2.21. The molecule has 0 aliphatic heterocycles. The van der Waals surface area contributed by atoms with Crippen LogP contribution in [0, 0.1) is 5.92 Å². The third-order valence-electron chi connectivity index (χ3n) is 2.31. The van der Waals surface area contributed by atoms with Crippen molar-refractivity contribution >= 4 is 11.6 Å². The molecule has 0 saturated heterocycles. The van der Waals surface area contributed by atoms with Crippen LogP contribution in [0.3, 0.4) is 0 Å². The van der Waals surface area contributed by atoms with E-state index in [-0.39, 0.29) is 17.6 Å². The number of phenols is 1. The second-order valence-corrected chi connectivity index (χ2v) is 3.72. The second kappa shape index (κ2) is 6.12. The molecule has 1 amide bonds. The second-order valence-electron chi connectivity index (χ2n) is 3.72. The zero-order valence-corrected chi connectivity index (χ0v) is 9.66. The maximum Gasteiger partial charge on any atom is 0.228 e. The molecule has 1 aromatic carbocycles. The zero-order valence-electron chi connectivity index (χ0n) is 9.66. The first-order valence-electron chi connectivity index (χ1n) is 5.44. The molecule has 1 aromatic rings. The van der Waals surface area contributed by atoms with Crippen molar-refractivity contribution in [3.8, 4) is 5.75 Å². The number of phenolic OH excluding ortho intramolecular Hbond substituents is 1. The summed E-state index contributed by atoms with van der Waals surface area (Å²) in [6.07, 6.45) is 0. The van der Waals surface area contributed by atoms with Crippen molar-refractivity contribution in [3.05, 3.63) is 24.3 Å². The van der Waals surface area contributed by atoms with E-state index in [1.54, 1.807) is 24.3 Å². The van der Waals surface area contributed by atoms with Gasteiger partial charge >= 0.3 is 0 Å². The largest absolute Gasteiger partial charge is 0.506 e. The summed E-state index contributed by atoms with van der Waals surface area (Å²) in [7, 11) is 0. The number of aromatic hydroxyl groups is 1. The lowest BCUT2D eigenvalue weighted by Gasteiger charge is -2.13. The highest BCUT2D eigenvalue weighted by molar-refractivity contribution is 5.93. The fraction of sp³-hybridized carbons (Fsp3) is 0.417. The Hall–Kier alpha value is -1.55. The van der Waals surface area contributed by atoms with Gasteiger partial charge in [-0.25, -0.2) is 0 Å². The molecular weight excluding hydrogens is 204 g/mol. The monoisotopic (exact) mass is 222 g/mol.